The van der Waals surface area contributed by atoms with Crippen molar-refractivity contribution in [1.29, 1.82) is 0 Å². The summed E-state index contributed by atoms with van der Waals surface area (Å²) >= 11 is 1.89. The van der Waals surface area contributed by atoms with Gasteiger partial charge < -0.3 is 20.3 Å². The summed E-state index contributed by atoms with van der Waals surface area (Å²) in [7, 11) is 0. The predicted molar refractivity (Wildman–Crippen MR) is 118 cm³/mol. The molecule has 2 N–H and O–H groups in total. The number of hydrogen-bond acceptors (Lipinski definition) is 4. The number of nitrogens with zero attached hydrogens (tertiary/aromatic N) is 1. The van der Waals surface area contributed by atoms with E-state index in [1.807, 2.05) is 72.1 Å². The summed E-state index contributed by atoms with van der Waals surface area (Å²) in [5, 5.41) is 5.57. The van der Waals surface area contributed by atoms with Crippen molar-refractivity contribution in [2.75, 3.05) is 43.1 Å². The van der Waals surface area contributed by atoms with Gasteiger partial charge in [-0.3, -0.25) is 4.79 Å². The number of rotatable bonds is 7. The van der Waals surface area contributed by atoms with Crippen molar-refractivity contribution in [3.8, 4) is 5.75 Å². The number of ether oxygens (including phenoxy) is 1. The van der Waals surface area contributed by atoms with Crippen molar-refractivity contribution in [3.63, 3.8) is 0 Å². The van der Waals surface area contributed by atoms with Gasteiger partial charge in [0.1, 0.15) is 12.4 Å². The van der Waals surface area contributed by atoms with Crippen molar-refractivity contribution in [1.82, 2.24) is 10.2 Å². The zero-order valence-corrected chi connectivity index (χ0v) is 17.5. The van der Waals surface area contributed by atoms with Gasteiger partial charge in [0.25, 0.3) is 0 Å². The van der Waals surface area contributed by atoms with Crippen molar-refractivity contribution in [2.24, 2.45) is 0 Å². The van der Waals surface area contributed by atoms with Gasteiger partial charge >= 0.3 is 6.03 Å². The molecule has 2 aromatic carbocycles. The van der Waals surface area contributed by atoms with Crippen LogP contribution in [0.4, 0.5) is 10.5 Å². The van der Waals surface area contributed by atoms with Gasteiger partial charge in [-0.25, -0.2) is 4.79 Å². The average molecular weight is 414 g/mol. The van der Waals surface area contributed by atoms with Crippen molar-refractivity contribution < 1.29 is 14.3 Å². The minimum Gasteiger partial charge on any atom is -0.491 e. The molecule has 1 aliphatic rings. The van der Waals surface area contributed by atoms with Gasteiger partial charge in [-0.1, -0.05) is 30.3 Å². The summed E-state index contributed by atoms with van der Waals surface area (Å²) in [6.07, 6.45) is 0.396. The van der Waals surface area contributed by atoms with Gasteiger partial charge in [-0.15, -0.1) is 0 Å². The maximum Gasteiger partial charge on any atom is 0.319 e. The lowest BCUT2D eigenvalue weighted by atomic mass is 10.1. The number of nitrogens with one attached hydrogen (secondary N) is 2. The molecule has 1 aliphatic heterocycles. The summed E-state index contributed by atoms with van der Waals surface area (Å²) in [4.78, 5) is 26.3. The van der Waals surface area contributed by atoms with Crippen LogP contribution in [-0.4, -0.2) is 54.6 Å². The Labute approximate surface area is 176 Å². The summed E-state index contributed by atoms with van der Waals surface area (Å²) in [6.45, 7) is 4.45. The van der Waals surface area contributed by atoms with Crippen LogP contribution in [0, 0.1) is 6.92 Å². The van der Waals surface area contributed by atoms with E-state index < -0.39 is 0 Å². The molecule has 0 aromatic heterocycles. The molecule has 2 aromatic rings. The maximum absolute atomic E-state index is 12.3. The van der Waals surface area contributed by atoms with E-state index in [0.717, 1.165) is 41.5 Å². The first-order valence-corrected chi connectivity index (χ1v) is 10.9. The van der Waals surface area contributed by atoms with Crippen LogP contribution in [0.1, 0.15) is 11.1 Å². The molecule has 0 spiro atoms. The molecule has 3 rings (SSSR count). The molecule has 1 heterocycles. The van der Waals surface area contributed by atoms with Crippen LogP contribution < -0.4 is 15.4 Å². The molecule has 1 saturated heterocycles. The van der Waals surface area contributed by atoms with E-state index in [1.54, 1.807) is 0 Å². The highest BCUT2D eigenvalue weighted by Gasteiger charge is 2.16. The highest BCUT2D eigenvalue weighted by atomic mass is 32.2. The Bertz CT molecular complexity index is 820. The number of aryl methyl sites for hydroxylation is 1. The Morgan fingerprint density at radius 1 is 1.07 bits per heavy atom. The zero-order chi connectivity index (χ0) is 20.5. The van der Waals surface area contributed by atoms with E-state index in [4.69, 9.17) is 4.74 Å². The lowest BCUT2D eigenvalue weighted by molar-refractivity contribution is -0.130. The number of urea groups is 1. The smallest absolute Gasteiger partial charge is 0.319 e. The van der Waals surface area contributed by atoms with E-state index in [1.165, 1.54) is 0 Å². The zero-order valence-electron chi connectivity index (χ0n) is 16.6. The molecule has 7 heteroatoms. The fourth-order valence-electron chi connectivity index (χ4n) is 3.02. The second kappa shape index (κ2) is 10.8. The molecule has 0 aliphatic carbocycles. The monoisotopic (exact) mass is 413 g/mol. The molecular formula is C22H27N3O3S. The number of carbonyl (C=O) groups excluding carboxylic acids is 2. The standard InChI is InChI=1S/C22H27N3O3S/c1-17-4-2-3-5-20(17)28-13-10-23-22(27)24-19-8-6-18(7-9-19)16-21(26)25-11-14-29-15-12-25/h2-9H,10-16H2,1H3,(H2,23,24,27). The van der Waals surface area contributed by atoms with Crippen molar-refractivity contribution in [3.05, 3.63) is 59.7 Å². The second-order valence-corrected chi connectivity index (χ2v) is 8.09. The Kier molecular flexibility index (Phi) is 7.81. The van der Waals surface area contributed by atoms with Crippen LogP contribution in [0.15, 0.2) is 48.5 Å². The summed E-state index contributed by atoms with van der Waals surface area (Å²) in [5.74, 6) is 3.01. The first-order valence-electron chi connectivity index (χ1n) is 9.79. The normalized spacial score (nSPS) is 13.6. The summed E-state index contributed by atoms with van der Waals surface area (Å²) in [5.41, 5.74) is 2.70. The number of benzene rings is 2. The quantitative estimate of drug-likeness (QED) is 0.683. The fraction of sp³-hybridized carbons (Fsp3) is 0.364. The van der Waals surface area contributed by atoms with Gasteiger partial charge in [-0.2, -0.15) is 11.8 Å². The van der Waals surface area contributed by atoms with Gasteiger partial charge in [0, 0.05) is 30.3 Å². The Morgan fingerprint density at radius 3 is 2.52 bits per heavy atom. The third-order valence-corrected chi connectivity index (χ3v) is 5.61. The van der Waals surface area contributed by atoms with Crippen molar-refractivity contribution >= 4 is 29.4 Å². The predicted octanol–water partition coefficient (Wildman–Crippen LogP) is 3.31. The van der Waals surface area contributed by atoms with Gasteiger partial charge in [0.2, 0.25) is 5.91 Å². The molecule has 0 atom stereocenters. The number of carbonyl (C=O) groups is 2. The van der Waals surface area contributed by atoms with E-state index in [0.29, 0.717) is 25.3 Å². The number of hydrogen-bond donors (Lipinski definition) is 2. The number of amides is 3. The highest BCUT2D eigenvalue weighted by Crippen LogP contribution is 2.16. The van der Waals surface area contributed by atoms with E-state index in [-0.39, 0.29) is 11.9 Å². The Hall–Kier alpha value is -2.67. The Morgan fingerprint density at radius 2 is 1.79 bits per heavy atom. The maximum atomic E-state index is 12.3. The molecule has 1 fully saturated rings. The minimum atomic E-state index is -0.284. The van der Waals surface area contributed by atoms with E-state index >= 15 is 0 Å². The molecule has 0 bridgehead atoms. The number of thioether (sulfide) groups is 1. The van der Waals surface area contributed by atoms with Gasteiger partial charge in [0.15, 0.2) is 0 Å². The van der Waals surface area contributed by atoms with Crippen molar-refractivity contribution in [2.45, 2.75) is 13.3 Å². The lowest BCUT2D eigenvalue weighted by Gasteiger charge is -2.26. The number of para-hydroxylation sites is 1. The third kappa shape index (κ3) is 6.71. The van der Waals surface area contributed by atoms with Gasteiger partial charge in [-0.05, 0) is 36.2 Å². The third-order valence-electron chi connectivity index (χ3n) is 4.67. The second-order valence-electron chi connectivity index (χ2n) is 6.86. The van der Waals surface area contributed by atoms with Crippen LogP contribution >= 0.6 is 11.8 Å². The molecular weight excluding hydrogens is 386 g/mol. The highest BCUT2D eigenvalue weighted by molar-refractivity contribution is 7.99. The van der Waals surface area contributed by atoms with Crippen LogP contribution in [0.2, 0.25) is 0 Å². The molecule has 0 radical (unpaired) electrons. The molecule has 6 nitrogen and oxygen atoms in total. The lowest BCUT2D eigenvalue weighted by Crippen LogP contribution is -2.38. The SMILES string of the molecule is Cc1ccccc1OCCNC(=O)Nc1ccc(CC(=O)N2CCSCC2)cc1. The first-order chi connectivity index (χ1) is 14.1. The van der Waals surface area contributed by atoms with E-state index in [2.05, 4.69) is 10.6 Å². The minimum absolute atomic E-state index is 0.164. The molecule has 154 valence electrons. The fourth-order valence-corrected chi connectivity index (χ4v) is 3.93. The van der Waals surface area contributed by atoms with E-state index in [9.17, 15) is 9.59 Å². The first kappa shape index (κ1) is 21.0. The largest absolute Gasteiger partial charge is 0.491 e. The summed E-state index contributed by atoms with van der Waals surface area (Å²) < 4.78 is 5.66. The van der Waals surface area contributed by atoms with Crippen LogP contribution in [-0.2, 0) is 11.2 Å². The van der Waals surface area contributed by atoms with Gasteiger partial charge in [0.05, 0.1) is 13.0 Å². The van der Waals surface area contributed by atoms with Crippen LogP contribution in [0.25, 0.3) is 0 Å². The van der Waals surface area contributed by atoms with Crippen LogP contribution in [0.5, 0.6) is 5.75 Å². The molecule has 0 unspecified atom stereocenters. The molecule has 3 amide bonds. The van der Waals surface area contributed by atoms with Crippen LogP contribution in [0.3, 0.4) is 0 Å². The molecule has 0 saturated carbocycles. The topological polar surface area (TPSA) is 70.7 Å². The number of anilines is 1. The molecule has 29 heavy (non-hydrogen) atoms. The average Bonchev–Trinajstić information content (AvgIpc) is 2.74. The summed E-state index contributed by atoms with van der Waals surface area (Å²) in [6, 6.07) is 14.9. The Balaban J connectivity index is 1.38.